The fraction of sp³-hybridized carbons (Fsp3) is 0.429. The molecule has 0 aromatic heterocycles. The third kappa shape index (κ3) is 2.31. The first-order valence-corrected chi connectivity index (χ1v) is 5.87. The Morgan fingerprint density at radius 2 is 2.12 bits per heavy atom. The highest BCUT2D eigenvalue weighted by Crippen LogP contribution is 2.33. The maximum absolute atomic E-state index is 12.0. The topological polar surface area (TPSA) is 44.1 Å². The molecule has 3 nitrogen and oxygen atoms in total. The number of carbonyl (C=O) groups is 1. The predicted octanol–water partition coefficient (Wildman–Crippen LogP) is 2.43. The van der Waals surface area contributed by atoms with Crippen molar-refractivity contribution in [3.8, 4) is 6.07 Å². The van der Waals surface area contributed by atoms with E-state index in [2.05, 4.69) is 6.07 Å². The molecule has 1 saturated carbocycles. The average Bonchev–Trinajstić information content (AvgIpc) is 3.15. The molecule has 1 aliphatic rings. The third-order valence-electron chi connectivity index (χ3n) is 3.27. The van der Waals surface area contributed by atoms with E-state index in [1.807, 2.05) is 31.2 Å². The van der Waals surface area contributed by atoms with Crippen LogP contribution in [0.4, 0.5) is 0 Å². The molecule has 0 saturated heterocycles. The first-order valence-electron chi connectivity index (χ1n) is 5.87. The van der Waals surface area contributed by atoms with E-state index in [-0.39, 0.29) is 11.8 Å². The van der Waals surface area contributed by atoms with E-state index in [1.165, 1.54) is 0 Å². The zero-order valence-electron chi connectivity index (χ0n) is 10.2. The molecular formula is C14H16N2O. The van der Waals surface area contributed by atoms with Crippen molar-refractivity contribution in [2.24, 2.45) is 5.92 Å². The molecule has 1 amide bonds. The van der Waals surface area contributed by atoms with Gasteiger partial charge < -0.3 is 4.90 Å². The minimum Gasteiger partial charge on any atom is -0.326 e. The molecular weight excluding hydrogens is 212 g/mol. The molecule has 1 aliphatic carbocycles. The zero-order valence-corrected chi connectivity index (χ0v) is 10.2. The zero-order chi connectivity index (χ0) is 12.4. The van der Waals surface area contributed by atoms with Crippen LogP contribution in [0.1, 0.15) is 30.0 Å². The van der Waals surface area contributed by atoms with Crippen molar-refractivity contribution in [1.29, 1.82) is 5.26 Å². The largest absolute Gasteiger partial charge is 0.326 e. The lowest BCUT2D eigenvalue weighted by atomic mass is 10.0. The smallest absolute Gasteiger partial charge is 0.226 e. The quantitative estimate of drug-likeness (QED) is 0.797. The van der Waals surface area contributed by atoms with Crippen molar-refractivity contribution in [2.75, 3.05) is 7.05 Å². The molecule has 2 rings (SSSR count). The number of carbonyl (C=O) groups excluding carboxylic acids is 1. The molecule has 0 spiro atoms. The predicted molar refractivity (Wildman–Crippen MR) is 65.0 cm³/mol. The number of hydrogen-bond donors (Lipinski definition) is 0. The number of benzene rings is 1. The SMILES string of the molecule is Cc1ccccc1C(C#N)N(C)C(=O)C1CC1. The van der Waals surface area contributed by atoms with Crippen LogP contribution < -0.4 is 0 Å². The van der Waals surface area contributed by atoms with Gasteiger partial charge in [0.05, 0.1) is 6.07 Å². The van der Waals surface area contributed by atoms with Crippen molar-refractivity contribution in [1.82, 2.24) is 4.90 Å². The van der Waals surface area contributed by atoms with Gasteiger partial charge >= 0.3 is 0 Å². The van der Waals surface area contributed by atoms with Crippen LogP contribution >= 0.6 is 0 Å². The monoisotopic (exact) mass is 228 g/mol. The van der Waals surface area contributed by atoms with Crippen molar-refractivity contribution < 1.29 is 4.79 Å². The van der Waals surface area contributed by atoms with Gasteiger partial charge in [-0.05, 0) is 30.9 Å². The highest BCUT2D eigenvalue weighted by atomic mass is 16.2. The lowest BCUT2D eigenvalue weighted by Crippen LogP contribution is -2.32. The molecule has 0 bridgehead atoms. The fourth-order valence-corrected chi connectivity index (χ4v) is 2.00. The number of nitrogens with zero attached hydrogens (tertiary/aromatic N) is 2. The van der Waals surface area contributed by atoms with Gasteiger partial charge in [0.2, 0.25) is 5.91 Å². The molecule has 0 N–H and O–H groups in total. The average molecular weight is 228 g/mol. The molecule has 1 aromatic rings. The number of nitriles is 1. The third-order valence-corrected chi connectivity index (χ3v) is 3.27. The van der Waals surface area contributed by atoms with Crippen LogP contribution in [-0.4, -0.2) is 17.9 Å². The molecule has 0 aliphatic heterocycles. The second-order valence-corrected chi connectivity index (χ2v) is 4.61. The number of aryl methyl sites for hydroxylation is 1. The second kappa shape index (κ2) is 4.58. The summed E-state index contributed by atoms with van der Waals surface area (Å²) >= 11 is 0. The van der Waals surface area contributed by atoms with Crippen LogP contribution in [0, 0.1) is 24.2 Å². The Morgan fingerprint density at radius 1 is 1.47 bits per heavy atom. The van der Waals surface area contributed by atoms with Crippen LogP contribution in [0.2, 0.25) is 0 Å². The summed E-state index contributed by atoms with van der Waals surface area (Å²) in [6.45, 7) is 1.97. The maximum atomic E-state index is 12.0. The summed E-state index contributed by atoms with van der Waals surface area (Å²) in [5.74, 6) is 0.250. The summed E-state index contributed by atoms with van der Waals surface area (Å²) in [7, 11) is 1.72. The van der Waals surface area contributed by atoms with Crippen LogP contribution in [0.15, 0.2) is 24.3 Å². The van der Waals surface area contributed by atoms with E-state index in [0.717, 1.165) is 24.0 Å². The van der Waals surface area contributed by atoms with Crippen molar-refractivity contribution in [3.05, 3.63) is 35.4 Å². The van der Waals surface area contributed by atoms with Gasteiger partial charge in [-0.3, -0.25) is 4.79 Å². The van der Waals surface area contributed by atoms with E-state index in [0.29, 0.717) is 0 Å². The molecule has 0 heterocycles. The van der Waals surface area contributed by atoms with E-state index in [4.69, 9.17) is 0 Å². The summed E-state index contributed by atoms with van der Waals surface area (Å²) in [6.07, 6.45) is 1.93. The molecule has 3 heteroatoms. The second-order valence-electron chi connectivity index (χ2n) is 4.61. The Hall–Kier alpha value is -1.82. The van der Waals surface area contributed by atoms with Crippen LogP contribution in [0.5, 0.6) is 0 Å². The van der Waals surface area contributed by atoms with Gasteiger partial charge in [0, 0.05) is 13.0 Å². The van der Waals surface area contributed by atoms with Gasteiger partial charge in [-0.1, -0.05) is 24.3 Å². The molecule has 1 unspecified atom stereocenters. The molecule has 17 heavy (non-hydrogen) atoms. The van der Waals surface area contributed by atoms with Gasteiger partial charge in [0.25, 0.3) is 0 Å². The van der Waals surface area contributed by atoms with Crippen LogP contribution in [-0.2, 0) is 4.79 Å². The van der Waals surface area contributed by atoms with E-state index >= 15 is 0 Å². The molecule has 0 radical (unpaired) electrons. The van der Waals surface area contributed by atoms with Crippen LogP contribution in [0.3, 0.4) is 0 Å². The van der Waals surface area contributed by atoms with Gasteiger partial charge in [-0.2, -0.15) is 5.26 Å². The standard InChI is InChI=1S/C14H16N2O/c1-10-5-3-4-6-12(10)13(9-15)16(2)14(17)11-7-8-11/h3-6,11,13H,7-8H2,1-2H3. The Bertz CT molecular complexity index is 471. The number of amides is 1. The first-order chi connectivity index (χ1) is 8.15. The van der Waals surface area contributed by atoms with Crippen LogP contribution in [0.25, 0.3) is 0 Å². The Labute approximate surface area is 102 Å². The molecule has 1 atom stereocenters. The summed E-state index contributed by atoms with van der Waals surface area (Å²) in [5.41, 5.74) is 1.97. The fourth-order valence-electron chi connectivity index (χ4n) is 2.00. The molecule has 1 fully saturated rings. The van der Waals surface area contributed by atoms with Crippen molar-refractivity contribution in [2.45, 2.75) is 25.8 Å². The summed E-state index contributed by atoms with van der Waals surface area (Å²) in [4.78, 5) is 13.5. The Balaban J connectivity index is 2.24. The van der Waals surface area contributed by atoms with E-state index in [9.17, 15) is 10.1 Å². The van der Waals surface area contributed by atoms with E-state index in [1.54, 1.807) is 11.9 Å². The van der Waals surface area contributed by atoms with E-state index < -0.39 is 6.04 Å². The maximum Gasteiger partial charge on any atom is 0.226 e. The lowest BCUT2D eigenvalue weighted by Gasteiger charge is -2.24. The number of rotatable bonds is 3. The highest BCUT2D eigenvalue weighted by Gasteiger charge is 2.35. The minimum atomic E-state index is -0.468. The van der Waals surface area contributed by atoms with Crippen molar-refractivity contribution >= 4 is 5.91 Å². The summed E-state index contributed by atoms with van der Waals surface area (Å²) < 4.78 is 0. The van der Waals surface area contributed by atoms with Gasteiger partial charge in [-0.15, -0.1) is 0 Å². The van der Waals surface area contributed by atoms with Crippen molar-refractivity contribution in [3.63, 3.8) is 0 Å². The normalized spacial score (nSPS) is 16.1. The lowest BCUT2D eigenvalue weighted by molar-refractivity contribution is -0.132. The minimum absolute atomic E-state index is 0.0970. The Morgan fingerprint density at radius 3 is 2.65 bits per heavy atom. The molecule has 88 valence electrons. The first kappa shape index (κ1) is 11.7. The van der Waals surface area contributed by atoms with Gasteiger partial charge in [-0.25, -0.2) is 0 Å². The van der Waals surface area contributed by atoms with Gasteiger partial charge in [0.15, 0.2) is 0 Å². The number of hydrogen-bond acceptors (Lipinski definition) is 2. The summed E-state index contributed by atoms with van der Waals surface area (Å²) in [5, 5.41) is 9.28. The van der Waals surface area contributed by atoms with Gasteiger partial charge in [0.1, 0.15) is 6.04 Å². The summed E-state index contributed by atoms with van der Waals surface area (Å²) in [6, 6.07) is 9.49. The highest BCUT2D eigenvalue weighted by molar-refractivity contribution is 5.81. The molecule has 1 aromatic carbocycles. The Kier molecular flexibility index (Phi) is 3.14.